The van der Waals surface area contributed by atoms with Crippen molar-refractivity contribution in [3.8, 4) is 0 Å². The van der Waals surface area contributed by atoms with Crippen LogP contribution < -0.4 is 5.32 Å². The first-order chi connectivity index (χ1) is 8.22. The predicted molar refractivity (Wildman–Crippen MR) is 68.6 cm³/mol. The van der Waals surface area contributed by atoms with Gasteiger partial charge in [-0.2, -0.15) is 0 Å². The van der Waals surface area contributed by atoms with E-state index in [2.05, 4.69) is 11.4 Å². The lowest BCUT2D eigenvalue weighted by atomic mass is 10.2. The molecule has 1 fully saturated rings. The van der Waals surface area contributed by atoms with Gasteiger partial charge in [0.2, 0.25) is 0 Å². The zero-order valence-electron chi connectivity index (χ0n) is 9.27. The second kappa shape index (κ2) is 4.13. The first-order valence-corrected chi connectivity index (χ1v) is 6.53. The molecule has 1 aromatic heterocycles. The van der Waals surface area contributed by atoms with Crippen LogP contribution in [0.2, 0.25) is 0 Å². The fraction of sp³-hybridized carbons (Fsp3) is 0.308. The number of carboxylic acid groups (broad SMARTS) is 1. The van der Waals surface area contributed by atoms with Gasteiger partial charge in [0.25, 0.3) is 0 Å². The first kappa shape index (κ1) is 10.7. The molecule has 1 saturated carbocycles. The Bertz CT molecular complexity index is 572. The van der Waals surface area contributed by atoms with Crippen molar-refractivity contribution in [2.24, 2.45) is 0 Å². The molecule has 0 spiro atoms. The molecule has 1 aliphatic carbocycles. The fourth-order valence-corrected chi connectivity index (χ4v) is 2.89. The van der Waals surface area contributed by atoms with Gasteiger partial charge in [-0.25, -0.2) is 4.79 Å². The first-order valence-electron chi connectivity index (χ1n) is 5.71. The quantitative estimate of drug-likeness (QED) is 0.873. The van der Waals surface area contributed by atoms with Gasteiger partial charge in [0.05, 0.1) is 5.56 Å². The maximum absolute atomic E-state index is 10.9. The van der Waals surface area contributed by atoms with Crippen LogP contribution in [0.25, 0.3) is 10.1 Å². The number of fused-ring (bicyclic) bond motifs is 1. The molecule has 0 radical (unpaired) electrons. The Labute approximate surface area is 103 Å². The molecule has 0 saturated heterocycles. The summed E-state index contributed by atoms with van der Waals surface area (Å²) in [6.45, 7) is 0.895. The minimum atomic E-state index is -0.863. The number of carboxylic acids is 1. The molecule has 17 heavy (non-hydrogen) atoms. The highest BCUT2D eigenvalue weighted by Gasteiger charge is 2.20. The summed E-state index contributed by atoms with van der Waals surface area (Å²) in [5.41, 5.74) is 0.362. The van der Waals surface area contributed by atoms with Crippen LogP contribution in [0.5, 0.6) is 0 Å². The number of carbonyl (C=O) groups is 1. The van der Waals surface area contributed by atoms with Crippen molar-refractivity contribution in [2.45, 2.75) is 25.4 Å². The van der Waals surface area contributed by atoms with E-state index in [-0.39, 0.29) is 0 Å². The summed E-state index contributed by atoms with van der Waals surface area (Å²) in [5, 5.41) is 13.5. The molecule has 2 aromatic rings. The molecule has 4 heteroatoms. The average Bonchev–Trinajstić information content (AvgIpc) is 3.04. The van der Waals surface area contributed by atoms with Crippen LogP contribution in [0, 0.1) is 0 Å². The molecular formula is C13H13NO2S. The van der Waals surface area contributed by atoms with Gasteiger partial charge in [0, 0.05) is 22.2 Å². The number of rotatable bonds is 4. The number of aromatic carboxylic acids is 1. The fourth-order valence-electron chi connectivity index (χ4n) is 1.84. The van der Waals surface area contributed by atoms with E-state index in [0.717, 1.165) is 16.6 Å². The Hall–Kier alpha value is -1.39. The standard InChI is InChI=1S/C13H13NO2S/c15-13(16)9-2-1-8-5-11(17-12(8)6-9)7-14-10-3-4-10/h1-2,5-6,10,14H,3-4,7H2,(H,15,16). The molecular weight excluding hydrogens is 234 g/mol. The van der Waals surface area contributed by atoms with Crippen LogP contribution in [-0.2, 0) is 6.54 Å². The van der Waals surface area contributed by atoms with E-state index in [0.29, 0.717) is 11.6 Å². The van der Waals surface area contributed by atoms with Gasteiger partial charge >= 0.3 is 5.97 Å². The summed E-state index contributed by atoms with van der Waals surface area (Å²) in [7, 11) is 0. The monoisotopic (exact) mass is 247 g/mol. The van der Waals surface area contributed by atoms with E-state index >= 15 is 0 Å². The van der Waals surface area contributed by atoms with E-state index < -0.39 is 5.97 Å². The summed E-state index contributed by atoms with van der Waals surface area (Å²) in [5.74, 6) is -0.863. The van der Waals surface area contributed by atoms with Gasteiger partial charge in [-0.1, -0.05) is 6.07 Å². The molecule has 88 valence electrons. The lowest BCUT2D eigenvalue weighted by Crippen LogP contribution is -2.14. The summed E-state index contributed by atoms with van der Waals surface area (Å²) >= 11 is 1.67. The van der Waals surface area contributed by atoms with Crippen molar-refractivity contribution < 1.29 is 9.90 Å². The number of nitrogens with one attached hydrogen (secondary N) is 1. The number of hydrogen-bond donors (Lipinski definition) is 2. The van der Waals surface area contributed by atoms with E-state index in [1.54, 1.807) is 23.5 Å². The minimum Gasteiger partial charge on any atom is -0.478 e. The van der Waals surface area contributed by atoms with Gasteiger partial charge in [-0.15, -0.1) is 11.3 Å². The minimum absolute atomic E-state index is 0.362. The molecule has 1 aromatic carbocycles. The molecule has 0 aliphatic heterocycles. The third-order valence-electron chi connectivity index (χ3n) is 2.96. The molecule has 0 bridgehead atoms. The van der Waals surface area contributed by atoms with Gasteiger partial charge in [0.15, 0.2) is 0 Å². The smallest absolute Gasteiger partial charge is 0.335 e. The van der Waals surface area contributed by atoms with Crippen LogP contribution in [0.15, 0.2) is 24.3 Å². The van der Waals surface area contributed by atoms with Crippen molar-refractivity contribution in [3.05, 3.63) is 34.7 Å². The Kier molecular flexibility index (Phi) is 2.61. The van der Waals surface area contributed by atoms with Crippen molar-refractivity contribution in [1.29, 1.82) is 0 Å². The molecule has 1 heterocycles. The van der Waals surface area contributed by atoms with Gasteiger partial charge in [-0.3, -0.25) is 0 Å². The Morgan fingerprint density at radius 1 is 1.41 bits per heavy atom. The van der Waals surface area contributed by atoms with Crippen molar-refractivity contribution in [1.82, 2.24) is 5.32 Å². The largest absolute Gasteiger partial charge is 0.478 e. The molecule has 0 unspecified atom stereocenters. The van der Waals surface area contributed by atoms with E-state index in [9.17, 15) is 4.79 Å². The number of benzene rings is 1. The number of hydrogen-bond acceptors (Lipinski definition) is 3. The predicted octanol–water partition coefficient (Wildman–Crippen LogP) is 2.85. The normalized spacial score (nSPS) is 15.3. The van der Waals surface area contributed by atoms with E-state index in [1.165, 1.54) is 17.7 Å². The summed E-state index contributed by atoms with van der Waals surface area (Å²) < 4.78 is 1.05. The van der Waals surface area contributed by atoms with Crippen LogP contribution >= 0.6 is 11.3 Å². The summed E-state index contributed by atoms with van der Waals surface area (Å²) in [6.07, 6.45) is 2.57. The number of thiophene rings is 1. The van der Waals surface area contributed by atoms with Crippen LogP contribution in [0.3, 0.4) is 0 Å². The lowest BCUT2D eigenvalue weighted by Gasteiger charge is -1.97. The second-order valence-electron chi connectivity index (χ2n) is 4.43. The molecule has 3 rings (SSSR count). The summed E-state index contributed by atoms with van der Waals surface area (Å²) in [6, 6.07) is 8.14. The molecule has 0 atom stereocenters. The Morgan fingerprint density at radius 2 is 2.24 bits per heavy atom. The third-order valence-corrected chi connectivity index (χ3v) is 4.06. The third kappa shape index (κ3) is 2.33. The Balaban J connectivity index is 1.86. The zero-order chi connectivity index (χ0) is 11.8. The second-order valence-corrected chi connectivity index (χ2v) is 5.59. The molecule has 0 amide bonds. The van der Waals surface area contributed by atoms with Crippen molar-refractivity contribution in [3.63, 3.8) is 0 Å². The van der Waals surface area contributed by atoms with Crippen molar-refractivity contribution >= 4 is 27.4 Å². The average molecular weight is 247 g/mol. The topological polar surface area (TPSA) is 49.3 Å². The lowest BCUT2D eigenvalue weighted by molar-refractivity contribution is 0.0697. The van der Waals surface area contributed by atoms with Crippen LogP contribution in [0.4, 0.5) is 0 Å². The SMILES string of the molecule is O=C(O)c1ccc2cc(CNC3CC3)sc2c1. The maximum Gasteiger partial charge on any atom is 0.335 e. The summed E-state index contributed by atoms with van der Waals surface area (Å²) in [4.78, 5) is 12.1. The highest BCUT2D eigenvalue weighted by molar-refractivity contribution is 7.19. The highest BCUT2D eigenvalue weighted by Crippen LogP contribution is 2.27. The van der Waals surface area contributed by atoms with E-state index in [1.807, 2.05) is 6.07 Å². The van der Waals surface area contributed by atoms with Crippen molar-refractivity contribution in [2.75, 3.05) is 0 Å². The van der Waals surface area contributed by atoms with Gasteiger partial charge in [-0.05, 0) is 36.4 Å². The molecule has 1 aliphatic rings. The van der Waals surface area contributed by atoms with Crippen LogP contribution in [0.1, 0.15) is 28.1 Å². The Morgan fingerprint density at radius 3 is 2.94 bits per heavy atom. The molecule has 3 nitrogen and oxygen atoms in total. The van der Waals surface area contributed by atoms with Crippen LogP contribution in [-0.4, -0.2) is 17.1 Å². The highest BCUT2D eigenvalue weighted by atomic mass is 32.1. The molecule has 2 N–H and O–H groups in total. The van der Waals surface area contributed by atoms with Gasteiger partial charge in [0.1, 0.15) is 0 Å². The zero-order valence-corrected chi connectivity index (χ0v) is 10.1. The van der Waals surface area contributed by atoms with E-state index in [4.69, 9.17) is 5.11 Å². The van der Waals surface area contributed by atoms with Gasteiger partial charge < -0.3 is 10.4 Å². The maximum atomic E-state index is 10.9.